The quantitative estimate of drug-likeness (QED) is 0.498. The van der Waals surface area contributed by atoms with E-state index in [1.807, 2.05) is 66.1 Å². The molecular weight excluding hydrogens is 340 g/mol. The van der Waals surface area contributed by atoms with Gasteiger partial charge in [0.2, 0.25) is 0 Å². The fourth-order valence-corrected chi connectivity index (χ4v) is 2.69. The summed E-state index contributed by atoms with van der Waals surface area (Å²) in [7, 11) is 1.67. The lowest BCUT2D eigenvalue weighted by atomic mass is 10.2. The third-order valence-corrected chi connectivity index (χ3v) is 4.01. The standard InChI is InChI=1S/C20H24N6O/c1-3-21-20(22-13-16-9-7-8-12-18(16)27-2)23-14-19-25-24-15-26(19)17-10-5-4-6-11-17/h4-12,15H,3,13-14H2,1-2H3,(H2,21,22,23). The number of hydrogen-bond donors (Lipinski definition) is 2. The molecule has 7 nitrogen and oxygen atoms in total. The van der Waals surface area contributed by atoms with E-state index in [-0.39, 0.29) is 0 Å². The molecule has 3 aromatic rings. The van der Waals surface area contributed by atoms with Crippen LogP contribution in [0.25, 0.3) is 5.69 Å². The van der Waals surface area contributed by atoms with Crippen molar-refractivity contribution in [2.24, 2.45) is 4.99 Å². The molecule has 1 heterocycles. The molecule has 0 aliphatic carbocycles. The van der Waals surface area contributed by atoms with E-state index in [2.05, 4.69) is 25.8 Å². The van der Waals surface area contributed by atoms with E-state index in [1.54, 1.807) is 13.4 Å². The maximum atomic E-state index is 5.39. The molecule has 0 amide bonds. The molecule has 0 aliphatic heterocycles. The van der Waals surface area contributed by atoms with Crippen LogP contribution in [0.3, 0.4) is 0 Å². The van der Waals surface area contributed by atoms with Crippen LogP contribution < -0.4 is 15.4 Å². The Morgan fingerprint density at radius 2 is 1.85 bits per heavy atom. The van der Waals surface area contributed by atoms with Crippen molar-refractivity contribution in [2.75, 3.05) is 13.7 Å². The van der Waals surface area contributed by atoms with Crippen LogP contribution in [0.4, 0.5) is 0 Å². The molecule has 0 atom stereocenters. The number of aromatic nitrogens is 3. The van der Waals surface area contributed by atoms with E-state index in [0.717, 1.165) is 29.4 Å². The molecule has 140 valence electrons. The van der Waals surface area contributed by atoms with Crippen molar-refractivity contribution in [3.63, 3.8) is 0 Å². The Bertz CT molecular complexity index is 875. The summed E-state index contributed by atoms with van der Waals surface area (Å²) in [6.45, 7) is 3.83. The maximum absolute atomic E-state index is 5.39. The van der Waals surface area contributed by atoms with Crippen molar-refractivity contribution in [2.45, 2.75) is 20.0 Å². The van der Waals surface area contributed by atoms with Gasteiger partial charge in [-0.3, -0.25) is 4.57 Å². The van der Waals surface area contributed by atoms with E-state index in [0.29, 0.717) is 19.0 Å². The van der Waals surface area contributed by atoms with Crippen molar-refractivity contribution in [1.82, 2.24) is 25.4 Å². The number of nitrogens with one attached hydrogen (secondary N) is 2. The largest absolute Gasteiger partial charge is 0.496 e. The number of nitrogens with zero attached hydrogens (tertiary/aromatic N) is 4. The van der Waals surface area contributed by atoms with Gasteiger partial charge in [0.25, 0.3) is 0 Å². The Hall–Kier alpha value is -3.35. The predicted molar refractivity (Wildman–Crippen MR) is 106 cm³/mol. The zero-order valence-electron chi connectivity index (χ0n) is 15.6. The lowest BCUT2D eigenvalue weighted by molar-refractivity contribution is 0.410. The van der Waals surface area contributed by atoms with Gasteiger partial charge >= 0.3 is 0 Å². The summed E-state index contributed by atoms with van der Waals surface area (Å²) >= 11 is 0. The lowest BCUT2D eigenvalue weighted by Crippen LogP contribution is -2.37. The molecule has 0 spiro atoms. The van der Waals surface area contributed by atoms with Crippen LogP contribution in [-0.4, -0.2) is 34.4 Å². The number of methoxy groups -OCH3 is 1. The number of benzene rings is 2. The topological polar surface area (TPSA) is 76.4 Å². The second kappa shape index (κ2) is 9.38. The summed E-state index contributed by atoms with van der Waals surface area (Å²) in [5.41, 5.74) is 2.06. The Labute approximate surface area is 159 Å². The molecule has 0 saturated carbocycles. The van der Waals surface area contributed by atoms with Crippen LogP contribution in [0.15, 0.2) is 65.9 Å². The van der Waals surface area contributed by atoms with Crippen LogP contribution in [0.5, 0.6) is 5.75 Å². The minimum atomic E-state index is 0.507. The van der Waals surface area contributed by atoms with Crippen LogP contribution in [0.2, 0.25) is 0 Å². The van der Waals surface area contributed by atoms with Crippen LogP contribution in [-0.2, 0) is 13.1 Å². The highest BCUT2D eigenvalue weighted by atomic mass is 16.5. The van der Waals surface area contributed by atoms with Gasteiger partial charge in [-0.1, -0.05) is 36.4 Å². The Balaban J connectivity index is 1.70. The summed E-state index contributed by atoms with van der Waals surface area (Å²) in [5, 5.41) is 14.8. The van der Waals surface area contributed by atoms with Crippen LogP contribution in [0, 0.1) is 0 Å². The van der Waals surface area contributed by atoms with Gasteiger partial charge in [0.05, 0.1) is 20.2 Å². The second-order valence-electron chi connectivity index (χ2n) is 5.81. The molecule has 7 heteroatoms. The highest BCUT2D eigenvalue weighted by molar-refractivity contribution is 5.79. The van der Waals surface area contributed by atoms with Gasteiger partial charge < -0.3 is 15.4 Å². The molecule has 0 unspecified atom stereocenters. The zero-order valence-corrected chi connectivity index (χ0v) is 15.6. The molecule has 1 aromatic heterocycles. The number of rotatable bonds is 7. The lowest BCUT2D eigenvalue weighted by Gasteiger charge is -2.12. The number of hydrogen-bond acceptors (Lipinski definition) is 4. The minimum Gasteiger partial charge on any atom is -0.496 e. The summed E-state index contributed by atoms with van der Waals surface area (Å²) < 4.78 is 7.34. The van der Waals surface area contributed by atoms with Crippen molar-refractivity contribution < 1.29 is 4.74 Å². The monoisotopic (exact) mass is 364 g/mol. The highest BCUT2D eigenvalue weighted by Gasteiger charge is 2.08. The molecule has 2 aromatic carbocycles. The average molecular weight is 364 g/mol. The summed E-state index contributed by atoms with van der Waals surface area (Å²) in [6, 6.07) is 17.9. The van der Waals surface area contributed by atoms with Gasteiger partial charge in [0.1, 0.15) is 12.1 Å². The highest BCUT2D eigenvalue weighted by Crippen LogP contribution is 2.17. The molecule has 27 heavy (non-hydrogen) atoms. The first kappa shape index (κ1) is 18.4. The third-order valence-electron chi connectivity index (χ3n) is 4.01. The van der Waals surface area contributed by atoms with Crippen molar-refractivity contribution in [3.05, 3.63) is 72.3 Å². The number of guanidine groups is 1. The van der Waals surface area contributed by atoms with E-state index < -0.39 is 0 Å². The van der Waals surface area contributed by atoms with Crippen LogP contribution >= 0.6 is 0 Å². The van der Waals surface area contributed by atoms with Gasteiger partial charge in [0, 0.05) is 17.8 Å². The second-order valence-corrected chi connectivity index (χ2v) is 5.81. The van der Waals surface area contributed by atoms with E-state index in [4.69, 9.17) is 4.74 Å². The fourth-order valence-electron chi connectivity index (χ4n) is 2.69. The van der Waals surface area contributed by atoms with Gasteiger partial charge in [-0.15, -0.1) is 10.2 Å². The first-order valence-electron chi connectivity index (χ1n) is 8.90. The normalized spacial score (nSPS) is 11.3. The Kier molecular flexibility index (Phi) is 6.40. The molecule has 0 radical (unpaired) electrons. The third kappa shape index (κ3) is 4.84. The summed E-state index contributed by atoms with van der Waals surface area (Å²) in [4.78, 5) is 4.65. The van der Waals surface area contributed by atoms with E-state index in [9.17, 15) is 0 Å². The van der Waals surface area contributed by atoms with Gasteiger partial charge in [-0.05, 0) is 25.1 Å². The Morgan fingerprint density at radius 3 is 2.63 bits per heavy atom. The first-order valence-corrected chi connectivity index (χ1v) is 8.90. The number of para-hydroxylation sites is 2. The van der Waals surface area contributed by atoms with Gasteiger partial charge in [0.15, 0.2) is 11.8 Å². The molecule has 2 N–H and O–H groups in total. The van der Waals surface area contributed by atoms with Gasteiger partial charge in [-0.25, -0.2) is 4.99 Å². The van der Waals surface area contributed by atoms with Gasteiger partial charge in [-0.2, -0.15) is 0 Å². The SMILES string of the molecule is CCNC(=NCc1ccccc1OC)NCc1nncn1-c1ccccc1. The molecule has 0 bridgehead atoms. The zero-order chi connectivity index (χ0) is 18.9. The number of aliphatic imine (C=N–C) groups is 1. The fraction of sp³-hybridized carbons (Fsp3) is 0.250. The summed E-state index contributed by atoms with van der Waals surface area (Å²) in [5.74, 6) is 2.36. The predicted octanol–water partition coefficient (Wildman–Crippen LogP) is 2.53. The first-order chi connectivity index (χ1) is 13.3. The van der Waals surface area contributed by atoms with Crippen molar-refractivity contribution in [1.29, 1.82) is 0 Å². The van der Waals surface area contributed by atoms with E-state index in [1.165, 1.54) is 0 Å². The maximum Gasteiger partial charge on any atom is 0.191 e. The molecule has 3 rings (SSSR count). The molecule has 0 saturated heterocycles. The van der Waals surface area contributed by atoms with Crippen LogP contribution in [0.1, 0.15) is 18.3 Å². The molecule has 0 aliphatic rings. The van der Waals surface area contributed by atoms with E-state index >= 15 is 0 Å². The minimum absolute atomic E-state index is 0.507. The Morgan fingerprint density at radius 1 is 1.07 bits per heavy atom. The molecular formula is C20H24N6O. The van der Waals surface area contributed by atoms with Crippen molar-refractivity contribution >= 4 is 5.96 Å². The summed E-state index contributed by atoms with van der Waals surface area (Å²) in [6.07, 6.45) is 1.71. The molecule has 0 fully saturated rings. The number of ether oxygens (including phenoxy) is 1. The smallest absolute Gasteiger partial charge is 0.191 e. The average Bonchev–Trinajstić information content (AvgIpc) is 3.19. The van der Waals surface area contributed by atoms with Crippen molar-refractivity contribution in [3.8, 4) is 11.4 Å².